The van der Waals surface area contributed by atoms with Gasteiger partial charge in [-0.25, -0.2) is 8.42 Å². The van der Waals surface area contributed by atoms with Crippen LogP contribution in [0.3, 0.4) is 0 Å². The zero-order valence-corrected chi connectivity index (χ0v) is 11.8. The van der Waals surface area contributed by atoms with Crippen molar-refractivity contribution < 1.29 is 13.5 Å². The molecule has 1 heterocycles. The molecular weight excluding hydrogens is 240 g/mol. The third kappa shape index (κ3) is 4.21. The fourth-order valence-corrected chi connectivity index (χ4v) is 4.20. The molecule has 6 heteroatoms. The largest absolute Gasteiger partial charge is 0.394 e. The molecule has 1 aliphatic rings. The highest BCUT2D eigenvalue weighted by Crippen LogP contribution is 2.18. The first-order valence-electron chi connectivity index (χ1n) is 6.08. The van der Waals surface area contributed by atoms with Crippen molar-refractivity contribution in [1.82, 2.24) is 10.2 Å². The molecule has 0 radical (unpaired) electrons. The molecule has 1 saturated heterocycles. The molecule has 1 rings (SSSR count). The van der Waals surface area contributed by atoms with Gasteiger partial charge in [0.1, 0.15) is 0 Å². The average Bonchev–Trinajstić information content (AvgIpc) is 2.59. The van der Waals surface area contributed by atoms with E-state index in [-0.39, 0.29) is 23.9 Å². The van der Waals surface area contributed by atoms with Crippen molar-refractivity contribution in [2.75, 3.05) is 38.2 Å². The molecule has 0 saturated carbocycles. The van der Waals surface area contributed by atoms with Crippen LogP contribution < -0.4 is 5.32 Å². The van der Waals surface area contributed by atoms with E-state index in [2.05, 4.69) is 5.32 Å². The minimum atomic E-state index is -2.84. The molecule has 0 aromatic carbocycles. The first-order valence-corrected chi connectivity index (χ1v) is 7.90. The Bertz CT molecular complexity index is 345. The van der Waals surface area contributed by atoms with Gasteiger partial charge in [-0.2, -0.15) is 0 Å². The SMILES string of the molecule is CCNC(C)(CO)CN(C)C1CCS(=O)(=O)C1. The summed E-state index contributed by atoms with van der Waals surface area (Å²) in [6.45, 7) is 5.43. The molecule has 0 amide bonds. The average molecular weight is 264 g/mol. The Kier molecular flexibility index (Phi) is 4.95. The van der Waals surface area contributed by atoms with Gasteiger partial charge in [-0.1, -0.05) is 6.92 Å². The minimum absolute atomic E-state index is 0.0463. The van der Waals surface area contributed by atoms with Gasteiger partial charge in [-0.15, -0.1) is 0 Å². The minimum Gasteiger partial charge on any atom is -0.394 e. The summed E-state index contributed by atoms with van der Waals surface area (Å²) in [6.07, 6.45) is 0.701. The predicted molar refractivity (Wildman–Crippen MR) is 68.9 cm³/mol. The summed E-state index contributed by atoms with van der Waals surface area (Å²) in [6, 6.07) is 0.0875. The number of rotatable bonds is 6. The van der Waals surface area contributed by atoms with Gasteiger partial charge in [0, 0.05) is 12.6 Å². The lowest BCUT2D eigenvalue weighted by Crippen LogP contribution is -2.55. The van der Waals surface area contributed by atoms with E-state index in [0.29, 0.717) is 18.7 Å². The number of likely N-dealkylation sites (N-methyl/N-ethyl adjacent to an activating group) is 2. The smallest absolute Gasteiger partial charge is 0.151 e. The zero-order chi connectivity index (χ0) is 13.1. The lowest BCUT2D eigenvalue weighted by Gasteiger charge is -2.35. The lowest BCUT2D eigenvalue weighted by molar-refractivity contribution is 0.118. The second kappa shape index (κ2) is 5.65. The highest BCUT2D eigenvalue weighted by Gasteiger charge is 2.33. The Morgan fingerprint density at radius 2 is 2.18 bits per heavy atom. The maximum absolute atomic E-state index is 11.4. The van der Waals surface area contributed by atoms with Crippen molar-refractivity contribution in [3.63, 3.8) is 0 Å². The molecule has 1 aliphatic heterocycles. The third-order valence-corrected chi connectivity index (χ3v) is 5.13. The molecule has 0 spiro atoms. The molecule has 17 heavy (non-hydrogen) atoms. The number of nitrogens with one attached hydrogen (secondary N) is 1. The number of nitrogens with zero attached hydrogens (tertiary/aromatic N) is 1. The van der Waals surface area contributed by atoms with E-state index in [1.54, 1.807) is 0 Å². The summed E-state index contributed by atoms with van der Waals surface area (Å²) in [5.74, 6) is 0.538. The molecule has 2 atom stereocenters. The molecule has 5 nitrogen and oxygen atoms in total. The molecule has 0 bridgehead atoms. The predicted octanol–water partition coefficient (Wildman–Crippen LogP) is -0.534. The van der Waals surface area contributed by atoms with Gasteiger partial charge in [0.2, 0.25) is 0 Å². The number of aliphatic hydroxyl groups is 1. The monoisotopic (exact) mass is 264 g/mol. The van der Waals surface area contributed by atoms with Crippen molar-refractivity contribution in [2.45, 2.75) is 31.8 Å². The quantitative estimate of drug-likeness (QED) is 0.675. The van der Waals surface area contributed by atoms with Crippen LogP contribution in [-0.4, -0.2) is 68.3 Å². The van der Waals surface area contributed by atoms with E-state index in [1.807, 2.05) is 25.8 Å². The van der Waals surface area contributed by atoms with Crippen LogP contribution in [0.5, 0.6) is 0 Å². The van der Waals surface area contributed by atoms with Crippen LogP contribution in [0.25, 0.3) is 0 Å². The van der Waals surface area contributed by atoms with E-state index in [1.165, 1.54) is 0 Å². The summed E-state index contributed by atoms with van der Waals surface area (Å²) in [5, 5.41) is 12.6. The van der Waals surface area contributed by atoms with Gasteiger partial charge in [0.15, 0.2) is 9.84 Å². The van der Waals surface area contributed by atoms with E-state index < -0.39 is 9.84 Å². The molecular formula is C11H24N2O3S. The second-order valence-corrected chi connectivity index (χ2v) is 7.45. The molecule has 0 aliphatic carbocycles. The van der Waals surface area contributed by atoms with Gasteiger partial charge in [-0.3, -0.25) is 0 Å². The van der Waals surface area contributed by atoms with Crippen LogP contribution in [0.2, 0.25) is 0 Å². The topological polar surface area (TPSA) is 69.6 Å². The van der Waals surface area contributed by atoms with Crippen LogP contribution in [0.1, 0.15) is 20.3 Å². The number of hydrogen-bond acceptors (Lipinski definition) is 5. The second-order valence-electron chi connectivity index (χ2n) is 5.22. The number of aliphatic hydroxyl groups excluding tert-OH is 1. The summed E-state index contributed by atoms with van der Waals surface area (Å²) in [7, 11) is -0.912. The standard InChI is InChI=1S/C11H24N2O3S/c1-4-12-11(2,9-14)8-13(3)10-5-6-17(15,16)7-10/h10,12,14H,4-9H2,1-3H3. The van der Waals surface area contributed by atoms with Gasteiger partial charge in [0.25, 0.3) is 0 Å². The van der Waals surface area contributed by atoms with Crippen molar-refractivity contribution in [3.05, 3.63) is 0 Å². The highest BCUT2D eigenvalue weighted by atomic mass is 32.2. The number of hydrogen-bond donors (Lipinski definition) is 2. The van der Waals surface area contributed by atoms with E-state index in [9.17, 15) is 13.5 Å². The summed E-state index contributed by atoms with van der Waals surface area (Å²) in [5.41, 5.74) is -0.365. The summed E-state index contributed by atoms with van der Waals surface area (Å²) >= 11 is 0. The van der Waals surface area contributed by atoms with Gasteiger partial charge >= 0.3 is 0 Å². The lowest BCUT2D eigenvalue weighted by atomic mass is 10.0. The molecule has 2 N–H and O–H groups in total. The highest BCUT2D eigenvalue weighted by molar-refractivity contribution is 7.91. The van der Waals surface area contributed by atoms with Crippen LogP contribution in [-0.2, 0) is 9.84 Å². The van der Waals surface area contributed by atoms with Crippen LogP contribution in [0.15, 0.2) is 0 Å². The Hall–Kier alpha value is -0.170. The van der Waals surface area contributed by atoms with E-state index in [0.717, 1.165) is 6.54 Å². The fraction of sp³-hybridized carbons (Fsp3) is 1.00. The molecule has 1 fully saturated rings. The summed E-state index contributed by atoms with van der Waals surface area (Å²) < 4.78 is 22.8. The normalized spacial score (nSPS) is 27.2. The summed E-state index contributed by atoms with van der Waals surface area (Å²) in [4.78, 5) is 2.05. The maximum Gasteiger partial charge on any atom is 0.151 e. The van der Waals surface area contributed by atoms with Crippen LogP contribution in [0.4, 0.5) is 0 Å². The number of sulfone groups is 1. The molecule has 102 valence electrons. The van der Waals surface area contributed by atoms with Gasteiger partial charge in [-0.05, 0) is 26.9 Å². The first-order chi connectivity index (χ1) is 7.82. The van der Waals surface area contributed by atoms with E-state index >= 15 is 0 Å². The Labute approximate surface area is 104 Å². The van der Waals surface area contributed by atoms with Crippen molar-refractivity contribution in [2.24, 2.45) is 0 Å². The van der Waals surface area contributed by atoms with Crippen molar-refractivity contribution >= 4 is 9.84 Å². The maximum atomic E-state index is 11.4. The molecule has 0 aromatic rings. The Morgan fingerprint density at radius 3 is 2.59 bits per heavy atom. The third-order valence-electron chi connectivity index (χ3n) is 3.38. The van der Waals surface area contributed by atoms with Crippen LogP contribution in [0, 0.1) is 0 Å². The fourth-order valence-electron chi connectivity index (χ4n) is 2.39. The van der Waals surface area contributed by atoms with Crippen molar-refractivity contribution in [3.8, 4) is 0 Å². The van der Waals surface area contributed by atoms with Gasteiger partial charge < -0.3 is 15.3 Å². The Morgan fingerprint density at radius 1 is 1.53 bits per heavy atom. The molecule has 0 aromatic heterocycles. The molecule has 2 unspecified atom stereocenters. The van der Waals surface area contributed by atoms with Crippen LogP contribution >= 0.6 is 0 Å². The Balaban J connectivity index is 2.57. The first kappa shape index (κ1) is 14.9. The van der Waals surface area contributed by atoms with E-state index in [4.69, 9.17) is 0 Å². The zero-order valence-electron chi connectivity index (χ0n) is 10.9. The van der Waals surface area contributed by atoms with Gasteiger partial charge in [0.05, 0.1) is 23.7 Å². The van der Waals surface area contributed by atoms with Crippen molar-refractivity contribution in [1.29, 1.82) is 0 Å².